The van der Waals surface area contributed by atoms with E-state index in [9.17, 15) is 14.9 Å². The molecule has 2 heterocycles. The third-order valence-corrected chi connectivity index (χ3v) is 5.45. The summed E-state index contributed by atoms with van der Waals surface area (Å²) in [5.41, 5.74) is 3.38. The zero-order valence-corrected chi connectivity index (χ0v) is 15.4. The number of nitrogens with zero attached hydrogens (tertiary/aromatic N) is 4. The molecule has 0 spiro atoms. The second-order valence-corrected chi connectivity index (χ2v) is 6.88. The lowest BCUT2D eigenvalue weighted by molar-refractivity contribution is -0.136. The van der Waals surface area contributed by atoms with Crippen molar-refractivity contribution in [1.29, 1.82) is 5.26 Å². The summed E-state index contributed by atoms with van der Waals surface area (Å²) in [5.74, 6) is 0.318. The van der Waals surface area contributed by atoms with Gasteiger partial charge in [0.15, 0.2) is 0 Å². The fraction of sp³-hybridized carbons (Fsp3) is 0.529. The fourth-order valence-electron chi connectivity index (χ4n) is 2.64. The van der Waals surface area contributed by atoms with Crippen LogP contribution in [0.1, 0.15) is 29.3 Å². The molecule has 24 heavy (non-hydrogen) atoms. The lowest BCUT2D eigenvalue weighted by Gasteiger charge is -2.34. The minimum atomic E-state index is 0.0183. The summed E-state index contributed by atoms with van der Waals surface area (Å²) in [5, 5.41) is 9.99. The summed E-state index contributed by atoms with van der Waals surface area (Å²) in [6, 6.07) is 2.20. The number of pyridine rings is 1. The van der Waals surface area contributed by atoms with E-state index in [-0.39, 0.29) is 17.6 Å². The van der Waals surface area contributed by atoms with Gasteiger partial charge in [0, 0.05) is 38.8 Å². The average Bonchev–Trinajstić information content (AvgIpc) is 2.57. The molecule has 0 unspecified atom stereocenters. The first-order valence-electron chi connectivity index (χ1n) is 7.89. The second kappa shape index (κ2) is 7.67. The molecule has 0 N–H and O–H groups in total. The molecule has 0 saturated carbocycles. The Morgan fingerprint density at radius 2 is 1.71 bits per heavy atom. The van der Waals surface area contributed by atoms with Crippen molar-refractivity contribution in [3.8, 4) is 6.07 Å². The molecule has 0 aromatic carbocycles. The van der Waals surface area contributed by atoms with Crippen LogP contribution in [0, 0.1) is 32.1 Å². The Hall–Kier alpha value is -2.07. The van der Waals surface area contributed by atoms with E-state index in [0.29, 0.717) is 36.8 Å². The van der Waals surface area contributed by atoms with Crippen LogP contribution < -0.4 is 0 Å². The molecule has 0 bridgehead atoms. The van der Waals surface area contributed by atoms with Gasteiger partial charge >= 0.3 is 0 Å². The molecule has 1 aliphatic rings. The molecule has 2 amide bonds. The molecule has 1 aromatic heterocycles. The molecule has 0 atom stereocenters. The SMILES string of the molecule is CC(=O)N1CCN(C(=O)CSc2nc(C)c(C)c(C)c2C#N)CC1. The first-order valence-corrected chi connectivity index (χ1v) is 8.87. The van der Waals surface area contributed by atoms with Crippen LogP contribution in [0.3, 0.4) is 0 Å². The summed E-state index contributed by atoms with van der Waals surface area (Å²) in [4.78, 5) is 31.7. The summed E-state index contributed by atoms with van der Waals surface area (Å²) in [6.07, 6.45) is 0. The molecule has 6 nitrogen and oxygen atoms in total. The number of carbonyl (C=O) groups excluding carboxylic acids is 2. The van der Waals surface area contributed by atoms with Crippen LogP contribution in [0.4, 0.5) is 0 Å². The quantitative estimate of drug-likeness (QED) is 0.778. The number of hydrogen-bond donors (Lipinski definition) is 0. The van der Waals surface area contributed by atoms with Crippen LogP contribution >= 0.6 is 11.8 Å². The van der Waals surface area contributed by atoms with Gasteiger partial charge in [0.2, 0.25) is 11.8 Å². The molecular formula is C17H22N4O2S. The molecule has 0 radical (unpaired) electrons. The van der Waals surface area contributed by atoms with Crippen LogP contribution in [-0.4, -0.2) is 58.5 Å². The number of rotatable bonds is 3. The number of piperazine rings is 1. The van der Waals surface area contributed by atoms with E-state index >= 15 is 0 Å². The van der Waals surface area contributed by atoms with E-state index < -0.39 is 0 Å². The molecule has 1 aromatic rings. The number of hydrogen-bond acceptors (Lipinski definition) is 5. The van der Waals surface area contributed by atoms with Gasteiger partial charge in [-0.1, -0.05) is 11.8 Å². The normalized spacial score (nSPS) is 14.5. The fourth-order valence-corrected chi connectivity index (χ4v) is 3.63. The average molecular weight is 346 g/mol. The maximum absolute atomic E-state index is 12.4. The molecule has 2 rings (SSSR count). The maximum Gasteiger partial charge on any atom is 0.233 e. The number of carbonyl (C=O) groups is 2. The van der Waals surface area contributed by atoms with Gasteiger partial charge in [-0.15, -0.1) is 0 Å². The number of aryl methyl sites for hydroxylation is 1. The zero-order chi connectivity index (χ0) is 17.9. The monoisotopic (exact) mass is 346 g/mol. The third-order valence-electron chi connectivity index (χ3n) is 4.49. The zero-order valence-electron chi connectivity index (χ0n) is 14.5. The van der Waals surface area contributed by atoms with Crippen molar-refractivity contribution in [2.24, 2.45) is 0 Å². The predicted molar refractivity (Wildman–Crippen MR) is 92.7 cm³/mol. The van der Waals surface area contributed by atoms with E-state index in [2.05, 4.69) is 11.1 Å². The van der Waals surface area contributed by atoms with Crippen LogP contribution in [0.25, 0.3) is 0 Å². The van der Waals surface area contributed by atoms with Crippen LogP contribution in [0.2, 0.25) is 0 Å². The topological polar surface area (TPSA) is 77.3 Å². The molecule has 1 fully saturated rings. The van der Waals surface area contributed by atoms with Crippen LogP contribution in [-0.2, 0) is 9.59 Å². The number of nitriles is 1. The van der Waals surface area contributed by atoms with E-state index in [0.717, 1.165) is 16.8 Å². The Kier molecular flexibility index (Phi) is 5.84. The van der Waals surface area contributed by atoms with E-state index in [1.54, 1.807) is 16.7 Å². The standard InChI is InChI=1S/C17H22N4O2S/c1-11-12(2)15(9-18)17(19-13(11)3)24-10-16(23)21-7-5-20(6-8-21)14(4)22/h5-8,10H2,1-4H3. The van der Waals surface area contributed by atoms with Gasteiger partial charge in [-0.2, -0.15) is 5.26 Å². The minimum Gasteiger partial charge on any atom is -0.339 e. The lowest BCUT2D eigenvalue weighted by atomic mass is 10.1. The Bertz CT molecular complexity index is 704. The van der Waals surface area contributed by atoms with Crippen molar-refractivity contribution >= 4 is 23.6 Å². The van der Waals surface area contributed by atoms with Gasteiger partial charge in [-0.05, 0) is 31.9 Å². The third kappa shape index (κ3) is 3.88. The Labute approximate surface area is 146 Å². The van der Waals surface area contributed by atoms with Crippen molar-refractivity contribution in [1.82, 2.24) is 14.8 Å². The Morgan fingerprint density at radius 3 is 2.25 bits per heavy atom. The predicted octanol–water partition coefficient (Wildman–Crippen LogP) is 1.66. The van der Waals surface area contributed by atoms with E-state index in [1.165, 1.54) is 11.8 Å². The van der Waals surface area contributed by atoms with Gasteiger partial charge in [-0.3, -0.25) is 9.59 Å². The van der Waals surface area contributed by atoms with Crippen molar-refractivity contribution in [2.45, 2.75) is 32.7 Å². The lowest BCUT2D eigenvalue weighted by Crippen LogP contribution is -2.50. The molecule has 0 aliphatic carbocycles. The second-order valence-electron chi connectivity index (χ2n) is 5.91. The van der Waals surface area contributed by atoms with Crippen LogP contribution in [0.5, 0.6) is 0 Å². The van der Waals surface area contributed by atoms with Gasteiger partial charge in [0.05, 0.1) is 11.3 Å². The number of amides is 2. The maximum atomic E-state index is 12.4. The molecule has 7 heteroatoms. The highest BCUT2D eigenvalue weighted by Crippen LogP contribution is 2.26. The van der Waals surface area contributed by atoms with Crippen molar-refractivity contribution in [3.05, 3.63) is 22.4 Å². The molecular weight excluding hydrogens is 324 g/mol. The Balaban J connectivity index is 2.01. The smallest absolute Gasteiger partial charge is 0.233 e. The van der Waals surface area contributed by atoms with E-state index in [4.69, 9.17) is 0 Å². The number of aromatic nitrogens is 1. The van der Waals surface area contributed by atoms with Gasteiger partial charge in [0.25, 0.3) is 0 Å². The van der Waals surface area contributed by atoms with Gasteiger partial charge < -0.3 is 9.80 Å². The van der Waals surface area contributed by atoms with Gasteiger partial charge in [0.1, 0.15) is 11.1 Å². The van der Waals surface area contributed by atoms with E-state index in [1.807, 2.05) is 20.8 Å². The van der Waals surface area contributed by atoms with Crippen molar-refractivity contribution in [3.63, 3.8) is 0 Å². The molecule has 1 saturated heterocycles. The highest BCUT2D eigenvalue weighted by Gasteiger charge is 2.23. The van der Waals surface area contributed by atoms with Gasteiger partial charge in [-0.25, -0.2) is 4.98 Å². The van der Waals surface area contributed by atoms with Crippen molar-refractivity contribution in [2.75, 3.05) is 31.9 Å². The van der Waals surface area contributed by atoms with Crippen LogP contribution in [0.15, 0.2) is 5.03 Å². The summed E-state index contributed by atoms with van der Waals surface area (Å²) >= 11 is 1.31. The summed E-state index contributed by atoms with van der Waals surface area (Å²) in [7, 11) is 0. The summed E-state index contributed by atoms with van der Waals surface area (Å²) < 4.78 is 0. The molecule has 128 valence electrons. The first-order chi connectivity index (χ1) is 11.3. The summed E-state index contributed by atoms with van der Waals surface area (Å²) in [6.45, 7) is 9.60. The molecule has 1 aliphatic heterocycles. The largest absolute Gasteiger partial charge is 0.339 e. The highest BCUT2D eigenvalue weighted by molar-refractivity contribution is 8.00. The van der Waals surface area contributed by atoms with Crippen molar-refractivity contribution < 1.29 is 9.59 Å². The highest BCUT2D eigenvalue weighted by atomic mass is 32.2. The minimum absolute atomic E-state index is 0.0183. The number of thioether (sulfide) groups is 1. The Morgan fingerprint density at radius 1 is 1.12 bits per heavy atom. The first kappa shape index (κ1) is 18.3.